The van der Waals surface area contributed by atoms with Crippen LogP contribution in [-0.4, -0.2) is 24.6 Å². The topological polar surface area (TPSA) is 64.6 Å². The van der Waals surface area contributed by atoms with Gasteiger partial charge in [-0.3, -0.25) is 4.79 Å². The molecule has 0 aliphatic heterocycles. The Bertz CT molecular complexity index is 683. The van der Waals surface area contributed by atoms with Gasteiger partial charge in [-0.25, -0.2) is 4.79 Å². The first-order valence-corrected chi connectivity index (χ1v) is 8.35. The first kappa shape index (κ1) is 18.5. The quantitative estimate of drug-likeness (QED) is 0.748. The summed E-state index contributed by atoms with van der Waals surface area (Å²) in [6.07, 6.45) is 0.0786. The van der Waals surface area contributed by atoms with Crippen LogP contribution in [0.4, 0.5) is 0 Å². The standard InChI is InChI=1S/C20H23NO4/c1-3-13-24-20(23)15(2)25-18-11-9-17(10-12-18)19(22)21-14-16-7-5-4-6-8-16/h4-12,15H,3,13-14H2,1-2H3,(H,21,22)/t15-/m0/s1. The number of rotatable bonds is 8. The number of carbonyl (C=O) groups excluding carboxylic acids is 2. The summed E-state index contributed by atoms with van der Waals surface area (Å²) >= 11 is 0. The zero-order chi connectivity index (χ0) is 18.1. The van der Waals surface area contributed by atoms with Crippen molar-refractivity contribution in [1.29, 1.82) is 0 Å². The van der Waals surface area contributed by atoms with Crippen molar-refractivity contribution in [3.05, 3.63) is 65.7 Å². The maximum atomic E-state index is 12.2. The van der Waals surface area contributed by atoms with Gasteiger partial charge in [0.25, 0.3) is 5.91 Å². The van der Waals surface area contributed by atoms with E-state index in [1.165, 1.54) is 0 Å². The van der Waals surface area contributed by atoms with Gasteiger partial charge in [0.05, 0.1) is 6.61 Å². The van der Waals surface area contributed by atoms with Crippen LogP contribution in [0.2, 0.25) is 0 Å². The molecule has 0 heterocycles. The summed E-state index contributed by atoms with van der Waals surface area (Å²) in [6, 6.07) is 16.4. The summed E-state index contributed by atoms with van der Waals surface area (Å²) in [4.78, 5) is 23.8. The Morgan fingerprint density at radius 2 is 1.72 bits per heavy atom. The first-order chi connectivity index (χ1) is 12.1. The van der Waals surface area contributed by atoms with E-state index < -0.39 is 12.1 Å². The van der Waals surface area contributed by atoms with Crippen LogP contribution in [-0.2, 0) is 16.1 Å². The van der Waals surface area contributed by atoms with Gasteiger partial charge in [-0.1, -0.05) is 37.3 Å². The van der Waals surface area contributed by atoms with Crippen molar-refractivity contribution in [2.45, 2.75) is 32.9 Å². The number of ether oxygens (including phenoxy) is 2. The molecule has 0 bridgehead atoms. The van der Waals surface area contributed by atoms with E-state index in [-0.39, 0.29) is 5.91 Å². The summed E-state index contributed by atoms with van der Waals surface area (Å²) in [7, 11) is 0. The normalized spacial score (nSPS) is 11.4. The molecule has 0 radical (unpaired) electrons. The van der Waals surface area contributed by atoms with Crippen LogP contribution in [0.1, 0.15) is 36.2 Å². The Kier molecular flexibility index (Phi) is 7.01. The lowest BCUT2D eigenvalue weighted by Crippen LogP contribution is -2.26. The molecule has 2 aromatic rings. The van der Waals surface area contributed by atoms with Gasteiger partial charge in [0.2, 0.25) is 0 Å². The molecule has 0 saturated heterocycles. The number of esters is 1. The van der Waals surface area contributed by atoms with Crippen LogP contribution in [0, 0.1) is 0 Å². The van der Waals surface area contributed by atoms with E-state index in [0.29, 0.717) is 24.5 Å². The second-order valence-electron chi connectivity index (χ2n) is 5.62. The maximum Gasteiger partial charge on any atom is 0.347 e. The molecular weight excluding hydrogens is 318 g/mol. The van der Waals surface area contributed by atoms with Crippen molar-refractivity contribution in [1.82, 2.24) is 5.32 Å². The van der Waals surface area contributed by atoms with E-state index >= 15 is 0 Å². The summed E-state index contributed by atoms with van der Waals surface area (Å²) < 4.78 is 10.6. The van der Waals surface area contributed by atoms with Gasteiger partial charge in [0.15, 0.2) is 6.10 Å². The average molecular weight is 341 g/mol. The Morgan fingerprint density at radius 3 is 2.36 bits per heavy atom. The molecule has 0 saturated carbocycles. The molecule has 1 N–H and O–H groups in total. The van der Waals surface area contributed by atoms with Crippen molar-refractivity contribution in [2.75, 3.05) is 6.61 Å². The molecule has 2 aromatic carbocycles. The van der Waals surface area contributed by atoms with E-state index in [1.807, 2.05) is 37.3 Å². The van der Waals surface area contributed by atoms with Crippen molar-refractivity contribution in [3.63, 3.8) is 0 Å². The highest BCUT2D eigenvalue weighted by Crippen LogP contribution is 2.14. The van der Waals surface area contributed by atoms with Gasteiger partial charge in [-0.05, 0) is 43.2 Å². The van der Waals surface area contributed by atoms with E-state index in [1.54, 1.807) is 31.2 Å². The number of nitrogens with one attached hydrogen (secondary N) is 1. The van der Waals surface area contributed by atoms with Crippen LogP contribution in [0.5, 0.6) is 5.75 Å². The van der Waals surface area contributed by atoms with Crippen LogP contribution in [0.15, 0.2) is 54.6 Å². The number of carbonyl (C=O) groups is 2. The molecule has 5 nitrogen and oxygen atoms in total. The summed E-state index contributed by atoms with van der Waals surface area (Å²) in [5.74, 6) is -0.0436. The number of hydrogen-bond donors (Lipinski definition) is 1. The van der Waals surface area contributed by atoms with E-state index in [9.17, 15) is 9.59 Å². The molecule has 0 unspecified atom stereocenters. The Morgan fingerprint density at radius 1 is 1.04 bits per heavy atom. The number of hydrogen-bond acceptors (Lipinski definition) is 4. The first-order valence-electron chi connectivity index (χ1n) is 8.35. The monoisotopic (exact) mass is 341 g/mol. The van der Waals surface area contributed by atoms with Gasteiger partial charge in [-0.15, -0.1) is 0 Å². The lowest BCUT2D eigenvalue weighted by Gasteiger charge is -2.14. The molecule has 25 heavy (non-hydrogen) atoms. The minimum Gasteiger partial charge on any atom is -0.479 e. The van der Waals surface area contributed by atoms with Gasteiger partial charge in [0.1, 0.15) is 5.75 Å². The average Bonchev–Trinajstić information content (AvgIpc) is 2.65. The minimum atomic E-state index is -0.690. The van der Waals surface area contributed by atoms with E-state index in [4.69, 9.17) is 9.47 Å². The van der Waals surface area contributed by atoms with Gasteiger partial charge < -0.3 is 14.8 Å². The Balaban J connectivity index is 1.86. The van der Waals surface area contributed by atoms with Crippen molar-refractivity contribution in [2.24, 2.45) is 0 Å². The fraction of sp³-hybridized carbons (Fsp3) is 0.300. The Labute approximate surface area is 148 Å². The third-order valence-corrected chi connectivity index (χ3v) is 3.51. The molecule has 5 heteroatoms. The SMILES string of the molecule is CCCOC(=O)[C@H](C)Oc1ccc(C(=O)NCc2ccccc2)cc1. The van der Waals surface area contributed by atoms with Crippen LogP contribution in [0.25, 0.3) is 0 Å². The second kappa shape index (κ2) is 9.47. The van der Waals surface area contributed by atoms with Crippen molar-refractivity contribution >= 4 is 11.9 Å². The second-order valence-corrected chi connectivity index (χ2v) is 5.62. The van der Waals surface area contributed by atoms with Crippen LogP contribution in [0.3, 0.4) is 0 Å². The molecule has 0 fully saturated rings. The summed E-state index contributed by atoms with van der Waals surface area (Å²) in [5, 5.41) is 2.86. The van der Waals surface area contributed by atoms with Gasteiger partial charge in [0, 0.05) is 12.1 Å². The molecule has 1 amide bonds. The fourth-order valence-corrected chi connectivity index (χ4v) is 2.14. The third-order valence-electron chi connectivity index (χ3n) is 3.51. The highest BCUT2D eigenvalue weighted by atomic mass is 16.6. The molecule has 0 spiro atoms. The zero-order valence-electron chi connectivity index (χ0n) is 14.5. The largest absolute Gasteiger partial charge is 0.479 e. The minimum absolute atomic E-state index is 0.161. The van der Waals surface area contributed by atoms with Crippen molar-refractivity contribution < 1.29 is 19.1 Å². The molecular formula is C20H23NO4. The third kappa shape index (κ3) is 5.95. The smallest absolute Gasteiger partial charge is 0.347 e. The molecule has 0 aliphatic rings. The lowest BCUT2D eigenvalue weighted by atomic mass is 10.2. The summed E-state index contributed by atoms with van der Waals surface area (Å²) in [5.41, 5.74) is 1.57. The lowest BCUT2D eigenvalue weighted by molar-refractivity contribution is -0.151. The van der Waals surface area contributed by atoms with Gasteiger partial charge >= 0.3 is 5.97 Å². The maximum absolute atomic E-state index is 12.2. The molecule has 132 valence electrons. The highest BCUT2D eigenvalue weighted by molar-refractivity contribution is 5.94. The predicted molar refractivity (Wildman–Crippen MR) is 95.4 cm³/mol. The van der Waals surface area contributed by atoms with E-state index in [2.05, 4.69) is 5.32 Å². The van der Waals surface area contributed by atoms with Crippen LogP contribution >= 0.6 is 0 Å². The van der Waals surface area contributed by atoms with Crippen LogP contribution < -0.4 is 10.1 Å². The van der Waals surface area contributed by atoms with E-state index in [0.717, 1.165) is 12.0 Å². The van der Waals surface area contributed by atoms with Gasteiger partial charge in [-0.2, -0.15) is 0 Å². The number of benzene rings is 2. The number of amides is 1. The zero-order valence-corrected chi connectivity index (χ0v) is 14.5. The Hall–Kier alpha value is -2.82. The highest BCUT2D eigenvalue weighted by Gasteiger charge is 2.16. The molecule has 1 atom stereocenters. The molecule has 0 aliphatic carbocycles. The van der Waals surface area contributed by atoms with Crippen molar-refractivity contribution in [3.8, 4) is 5.75 Å². The predicted octanol–water partition coefficient (Wildman–Crippen LogP) is 3.34. The molecule has 0 aromatic heterocycles. The summed E-state index contributed by atoms with van der Waals surface area (Å²) in [6.45, 7) is 4.42. The molecule has 2 rings (SSSR count). The fourth-order valence-electron chi connectivity index (χ4n) is 2.14.